The molecule has 3 N–H and O–H groups in total. The van der Waals surface area contributed by atoms with Crippen molar-refractivity contribution in [2.75, 3.05) is 0 Å². The van der Waals surface area contributed by atoms with Crippen molar-refractivity contribution in [2.45, 2.75) is 18.7 Å². The van der Waals surface area contributed by atoms with Crippen LogP contribution in [0, 0.1) is 0 Å². The molecule has 5 heterocycles. The summed E-state index contributed by atoms with van der Waals surface area (Å²) in [6.07, 6.45) is 0. The van der Waals surface area contributed by atoms with E-state index in [1.54, 1.807) is 6.07 Å². The number of nitrogens with zero attached hydrogens (tertiary/aromatic N) is 6. The molecule has 0 unspecified atom stereocenters. The van der Waals surface area contributed by atoms with Gasteiger partial charge in [-0.05, 0) is 0 Å². The number of nitrogens with one attached hydrogen (secondary N) is 3. The Morgan fingerprint density at radius 3 is 1.49 bits per heavy atom. The molecule has 0 aliphatic carbocycles. The minimum atomic E-state index is -0.222. The van der Waals surface area contributed by atoms with Crippen molar-refractivity contribution < 1.29 is 20.0 Å². The summed E-state index contributed by atoms with van der Waals surface area (Å²) in [7, 11) is 0. The molecule has 0 radical (unpaired) electrons. The fourth-order valence-corrected chi connectivity index (χ4v) is 6.57. The van der Waals surface area contributed by atoms with Crippen LogP contribution in [0.5, 0.6) is 0 Å². The van der Waals surface area contributed by atoms with Gasteiger partial charge in [-0.1, -0.05) is 24.3 Å². The molecular weight excluding hydrogens is 638 g/mol. The van der Waals surface area contributed by atoms with E-state index in [1.165, 1.54) is 15.2 Å². The van der Waals surface area contributed by atoms with Gasteiger partial charge in [0.05, 0.1) is 0 Å². The van der Waals surface area contributed by atoms with Gasteiger partial charge in [0.15, 0.2) is 0 Å². The Morgan fingerprint density at radius 2 is 0.979 bits per heavy atom. The molecule has 11 heteroatoms. The number of benzene rings is 4. The molecule has 4 aromatic carbocycles. The maximum atomic E-state index is 13.5. The van der Waals surface area contributed by atoms with Gasteiger partial charge >= 0.3 is 245 Å². The fourth-order valence-electron chi connectivity index (χ4n) is 6.05. The summed E-state index contributed by atoms with van der Waals surface area (Å²) >= 11 is 1.47. The normalized spacial score (nSPS) is 12.1. The molecule has 0 fully saturated rings. The molecule has 0 atom stereocenters. The third-order valence-electron chi connectivity index (χ3n) is 8.11. The van der Waals surface area contributed by atoms with Crippen molar-refractivity contribution in [1.29, 1.82) is 0 Å². The van der Waals surface area contributed by atoms with Crippen LogP contribution in [0.15, 0.2) is 91.0 Å². The van der Waals surface area contributed by atoms with E-state index in [9.17, 15) is 4.79 Å². The van der Waals surface area contributed by atoms with Crippen molar-refractivity contribution in [3.63, 3.8) is 0 Å². The molecule has 8 bridgehead atoms. The third kappa shape index (κ3) is 4.51. The van der Waals surface area contributed by atoms with Gasteiger partial charge in [-0.2, -0.15) is 0 Å². The number of fused-ring (bicyclic) bond motifs is 20. The van der Waals surface area contributed by atoms with E-state index in [2.05, 4.69) is 14.3 Å². The summed E-state index contributed by atoms with van der Waals surface area (Å²) in [4.78, 5) is 50.7. The van der Waals surface area contributed by atoms with Gasteiger partial charge < -0.3 is 0 Å². The van der Waals surface area contributed by atoms with Crippen LogP contribution in [0.2, 0.25) is 4.82 Å². The van der Waals surface area contributed by atoms with Crippen LogP contribution < -0.4 is 4.33 Å². The Kier molecular flexibility index (Phi) is 6.24. The van der Waals surface area contributed by atoms with Crippen molar-refractivity contribution >= 4 is 50.0 Å². The molecule has 0 saturated heterocycles. The van der Waals surface area contributed by atoms with Crippen LogP contribution in [0.1, 0.15) is 24.2 Å². The van der Waals surface area contributed by atoms with Gasteiger partial charge in [0.1, 0.15) is 0 Å². The fraction of sp³-hybridized carbons (Fsp3) is 0.0833. The average Bonchev–Trinajstić information content (AvgIpc) is 3.83. The van der Waals surface area contributed by atoms with E-state index >= 15 is 0 Å². The van der Waals surface area contributed by atoms with Gasteiger partial charge in [0, 0.05) is 5.39 Å². The summed E-state index contributed by atoms with van der Waals surface area (Å²) in [5.41, 5.74) is 6.16. The SMILES string of the molecule is C[CH](C)[Cu][NH]C(=O)c1cccc2c3nc4nc(nc5[nH]c(nc6nc(nc([nH]3)c12)-c1ccccc1-6)c1ccccc51)-c1ccccc1-4. The number of rotatable bonds is 3. The Morgan fingerprint density at radius 1 is 0.553 bits per heavy atom. The van der Waals surface area contributed by atoms with E-state index in [4.69, 9.17) is 29.9 Å². The second kappa shape index (κ2) is 10.7. The summed E-state index contributed by atoms with van der Waals surface area (Å²) in [6, 6.07) is 29.4. The monoisotopic (exact) mass is 662 g/mol. The number of H-pyrrole nitrogens is 2. The van der Waals surface area contributed by atoms with Crippen LogP contribution in [0.25, 0.3) is 89.7 Å². The molecule has 2 aliphatic rings. The van der Waals surface area contributed by atoms with Crippen LogP contribution in [0.4, 0.5) is 0 Å². The first-order chi connectivity index (χ1) is 23.0. The van der Waals surface area contributed by atoms with Crippen molar-refractivity contribution in [1.82, 2.24) is 44.2 Å². The zero-order valence-corrected chi connectivity index (χ0v) is 26.1. The molecule has 231 valence electrons. The number of aromatic nitrogens is 8. The Labute approximate surface area is 274 Å². The molecule has 1 amide bonds. The van der Waals surface area contributed by atoms with Crippen LogP contribution >= 0.6 is 0 Å². The molecule has 0 saturated carbocycles. The maximum absolute atomic E-state index is 13.5. The number of amides is 1. The number of carbonyl (C=O) groups is 1. The van der Waals surface area contributed by atoms with Crippen LogP contribution in [-0.4, -0.2) is 45.8 Å². The zero-order chi connectivity index (χ0) is 31.6. The number of aromatic amines is 2. The predicted octanol–water partition coefficient (Wildman–Crippen LogP) is 7.42. The first-order valence-corrected chi connectivity index (χ1v) is 16.1. The Balaban J connectivity index is 1.45. The predicted molar refractivity (Wildman–Crippen MR) is 179 cm³/mol. The third-order valence-corrected chi connectivity index (χ3v) is 9.00. The van der Waals surface area contributed by atoms with Gasteiger partial charge in [-0.3, -0.25) is 0 Å². The molecule has 0 spiro atoms. The molecule has 10 nitrogen and oxygen atoms in total. The van der Waals surface area contributed by atoms with Gasteiger partial charge in [-0.25, -0.2) is 0 Å². The van der Waals surface area contributed by atoms with Crippen LogP contribution in [-0.2, 0) is 15.2 Å². The first kappa shape index (κ1) is 27.5. The molecule has 3 aromatic heterocycles. The van der Waals surface area contributed by atoms with E-state index < -0.39 is 0 Å². The minimum absolute atomic E-state index is 0.205. The number of carbonyl (C=O) groups excluding carboxylic acids is 1. The van der Waals surface area contributed by atoms with Crippen molar-refractivity contribution in [2.24, 2.45) is 0 Å². The number of hydrogen-bond acceptors (Lipinski definition) is 7. The Hall–Kier alpha value is -5.77. The van der Waals surface area contributed by atoms with E-state index in [0.29, 0.717) is 56.8 Å². The molecular formula is C36H25CuN9O. The van der Waals surface area contributed by atoms with Gasteiger partial charge in [-0.15, -0.1) is 0 Å². The summed E-state index contributed by atoms with van der Waals surface area (Å²) in [5.74, 6) is 1.82. The van der Waals surface area contributed by atoms with Crippen molar-refractivity contribution in [3.05, 3.63) is 96.6 Å². The second-order valence-corrected chi connectivity index (χ2v) is 13.0. The van der Waals surface area contributed by atoms with Gasteiger partial charge in [0.2, 0.25) is 0 Å². The first-order valence-electron chi connectivity index (χ1n) is 15.1. The zero-order valence-electron chi connectivity index (χ0n) is 25.1. The molecule has 7 aromatic rings. The quantitative estimate of drug-likeness (QED) is 0.167. The van der Waals surface area contributed by atoms with E-state index in [0.717, 1.165) is 38.4 Å². The van der Waals surface area contributed by atoms with Crippen LogP contribution in [0.3, 0.4) is 0 Å². The Bertz CT molecular complexity index is 2600. The van der Waals surface area contributed by atoms with Crippen molar-refractivity contribution in [3.8, 4) is 45.6 Å². The number of hydrogen-bond donors (Lipinski definition) is 3. The summed E-state index contributed by atoms with van der Waals surface area (Å²) < 4.78 is 2.97. The second-order valence-electron chi connectivity index (χ2n) is 11.4. The summed E-state index contributed by atoms with van der Waals surface area (Å²) in [5, 5.41) is 3.21. The molecule has 2 aliphatic heterocycles. The average molecular weight is 663 g/mol. The van der Waals surface area contributed by atoms with E-state index in [-0.39, 0.29) is 10.7 Å². The van der Waals surface area contributed by atoms with Gasteiger partial charge in [0.25, 0.3) is 0 Å². The van der Waals surface area contributed by atoms with E-state index in [1.807, 2.05) is 98.8 Å². The standard InChI is InChI=1S/C33H19N9O.C3H7.Cu/c34-25(43)22-14-7-15-23-24(22)33-41-31-21-13-6-5-12-20(21)29(39-31)37-27-17-9-2-1-8-16(17)26(35-27)36-28-18-10-3-4-11-19(18)30(38-28)40-32(23)42-33;1-3-2;/h1-15H,(H4,34,35,36,37,38,39,40,41,42,43);3H,1-2H3;/q;;+1/p-1. The molecule has 9 rings (SSSR count). The topological polar surface area (TPSA) is 138 Å². The summed E-state index contributed by atoms with van der Waals surface area (Å²) in [6.45, 7) is 4.05. The molecule has 47 heavy (non-hydrogen) atoms.